The summed E-state index contributed by atoms with van der Waals surface area (Å²) in [6.45, 7) is 20.3. The van der Waals surface area contributed by atoms with E-state index in [0.717, 1.165) is 0 Å². The van der Waals surface area contributed by atoms with Crippen molar-refractivity contribution in [2.75, 3.05) is 26.2 Å². The highest BCUT2D eigenvalue weighted by molar-refractivity contribution is 6.76. The van der Waals surface area contributed by atoms with E-state index in [2.05, 4.69) is 40.4 Å². The molecule has 0 saturated carbocycles. The molecule has 136 valence electrons. The molecule has 0 spiro atoms. The molecule has 0 radical (unpaired) electrons. The number of quaternary nitrogens is 1. The zero-order chi connectivity index (χ0) is 16.2. The minimum atomic E-state index is -0.837. The van der Waals surface area contributed by atoms with E-state index in [4.69, 9.17) is 0 Å². The van der Waals surface area contributed by atoms with E-state index < -0.39 is 8.07 Å². The van der Waals surface area contributed by atoms with Gasteiger partial charge in [-0.15, -0.1) is 0 Å². The Morgan fingerprint density at radius 1 is 0.591 bits per heavy atom. The Bertz CT molecular complexity index is 216. The van der Waals surface area contributed by atoms with E-state index in [-0.39, 0.29) is 4.70 Å². The van der Waals surface area contributed by atoms with Gasteiger partial charge in [0, 0.05) is 8.07 Å². The molecule has 0 aromatic carbocycles. The summed E-state index contributed by atoms with van der Waals surface area (Å²) >= 11 is 0. The normalized spacial score (nSPS) is 12.3. The number of unbranched alkanes of at least 4 members (excludes halogenated alkanes) is 4. The molecule has 0 rings (SSSR count). The van der Waals surface area contributed by atoms with Crippen molar-refractivity contribution in [3.8, 4) is 0 Å². The molecule has 0 aliphatic carbocycles. The SMILES string of the molecule is CCCC[N+](CCCC)(CCCC)CCCC[Si](C)(C)C.[F-]. The molecule has 0 aliphatic heterocycles. The smallest absolute Gasteiger partial charge is 0.0786 e. The number of halogens is 1. The Morgan fingerprint density at radius 2 is 0.955 bits per heavy atom. The minimum Gasteiger partial charge on any atom is -1.00 e. The van der Waals surface area contributed by atoms with Gasteiger partial charge in [-0.05, 0) is 25.7 Å². The molecule has 3 heteroatoms. The first-order chi connectivity index (χ1) is 9.89. The van der Waals surface area contributed by atoms with Crippen LogP contribution in [0.2, 0.25) is 25.7 Å². The summed E-state index contributed by atoms with van der Waals surface area (Å²) in [6.07, 6.45) is 11.2. The van der Waals surface area contributed by atoms with Gasteiger partial charge in [0.2, 0.25) is 0 Å². The van der Waals surface area contributed by atoms with E-state index in [1.54, 1.807) is 0 Å². The Kier molecular flexibility index (Phi) is 15.0. The Balaban J connectivity index is 0. The van der Waals surface area contributed by atoms with Crippen molar-refractivity contribution in [1.82, 2.24) is 0 Å². The second-order valence-corrected chi connectivity index (χ2v) is 13.9. The predicted molar refractivity (Wildman–Crippen MR) is 102 cm³/mol. The fourth-order valence-corrected chi connectivity index (χ4v) is 4.56. The lowest BCUT2D eigenvalue weighted by Crippen LogP contribution is -3.00. The van der Waals surface area contributed by atoms with Crippen LogP contribution in [0.3, 0.4) is 0 Å². The van der Waals surface area contributed by atoms with Crippen LogP contribution < -0.4 is 4.70 Å². The zero-order valence-corrected chi connectivity index (χ0v) is 17.5. The number of hydrogen-bond donors (Lipinski definition) is 0. The molecular formula is C19H44FNSi. The number of hydrogen-bond acceptors (Lipinski definition) is 0. The molecule has 0 unspecified atom stereocenters. The fourth-order valence-electron chi connectivity index (χ4n) is 3.25. The lowest BCUT2D eigenvalue weighted by molar-refractivity contribution is -0.929. The van der Waals surface area contributed by atoms with E-state index in [0.29, 0.717) is 0 Å². The van der Waals surface area contributed by atoms with Crippen molar-refractivity contribution in [2.24, 2.45) is 0 Å². The highest BCUT2D eigenvalue weighted by Crippen LogP contribution is 2.19. The molecule has 22 heavy (non-hydrogen) atoms. The monoisotopic (exact) mass is 333 g/mol. The molecule has 1 nitrogen and oxygen atoms in total. The molecule has 0 saturated heterocycles. The maximum Gasteiger partial charge on any atom is 0.0786 e. The summed E-state index contributed by atoms with van der Waals surface area (Å²) in [5, 5.41) is 0. The molecule has 0 aromatic heterocycles. The molecule has 0 heterocycles. The van der Waals surface area contributed by atoms with Gasteiger partial charge >= 0.3 is 0 Å². The van der Waals surface area contributed by atoms with Crippen molar-refractivity contribution >= 4 is 8.07 Å². The van der Waals surface area contributed by atoms with E-state index in [1.807, 2.05) is 0 Å². The molecule has 0 fully saturated rings. The summed E-state index contributed by atoms with van der Waals surface area (Å²) in [4.78, 5) is 0. The Morgan fingerprint density at radius 3 is 1.27 bits per heavy atom. The van der Waals surface area contributed by atoms with E-state index in [1.165, 1.54) is 88.1 Å². The third kappa shape index (κ3) is 12.6. The lowest BCUT2D eigenvalue weighted by Gasteiger charge is -2.39. The van der Waals surface area contributed by atoms with E-state index in [9.17, 15) is 0 Å². The van der Waals surface area contributed by atoms with Crippen LogP contribution in [0, 0.1) is 0 Å². The van der Waals surface area contributed by atoms with Gasteiger partial charge in [-0.2, -0.15) is 0 Å². The van der Waals surface area contributed by atoms with Crippen LogP contribution in [0.15, 0.2) is 0 Å². The minimum absolute atomic E-state index is 0. The molecule has 0 atom stereocenters. The van der Waals surface area contributed by atoms with Gasteiger partial charge in [-0.1, -0.05) is 72.1 Å². The van der Waals surface area contributed by atoms with Crippen molar-refractivity contribution < 1.29 is 9.19 Å². The van der Waals surface area contributed by atoms with Crippen LogP contribution in [0.5, 0.6) is 0 Å². The van der Waals surface area contributed by atoms with Crippen LogP contribution in [-0.2, 0) is 0 Å². The molecule has 0 bridgehead atoms. The first-order valence-electron chi connectivity index (χ1n) is 9.74. The first-order valence-corrected chi connectivity index (χ1v) is 13.4. The molecule has 0 aromatic rings. The Labute approximate surface area is 141 Å². The predicted octanol–water partition coefficient (Wildman–Crippen LogP) is 3.33. The lowest BCUT2D eigenvalue weighted by atomic mass is 10.1. The van der Waals surface area contributed by atoms with Gasteiger partial charge in [0.05, 0.1) is 26.2 Å². The molecule has 0 amide bonds. The standard InChI is InChI=1S/C19H44NSi.FH/c1-7-10-15-20(16-11-8-2,17-12-9-3)18-13-14-19-21(4,5)6;/h7-19H2,1-6H3;1H/q+1;/p-1. The quantitative estimate of drug-likeness (QED) is 0.260. The Hall–Kier alpha value is 0.107. The van der Waals surface area contributed by atoms with E-state index >= 15 is 0 Å². The summed E-state index contributed by atoms with van der Waals surface area (Å²) in [5.41, 5.74) is 0. The highest BCUT2D eigenvalue weighted by Gasteiger charge is 2.25. The molecule has 0 aliphatic rings. The van der Waals surface area contributed by atoms with Crippen LogP contribution in [0.1, 0.15) is 72.1 Å². The van der Waals surface area contributed by atoms with Crippen molar-refractivity contribution in [3.05, 3.63) is 0 Å². The van der Waals surface area contributed by atoms with Crippen molar-refractivity contribution in [3.63, 3.8) is 0 Å². The van der Waals surface area contributed by atoms with Gasteiger partial charge in [0.25, 0.3) is 0 Å². The summed E-state index contributed by atoms with van der Waals surface area (Å²) in [5.74, 6) is 0. The van der Waals surface area contributed by atoms with Gasteiger partial charge in [-0.25, -0.2) is 0 Å². The third-order valence-electron chi connectivity index (χ3n) is 4.77. The van der Waals surface area contributed by atoms with Gasteiger partial charge in [0.1, 0.15) is 0 Å². The maximum absolute atomic E-state index is 2.51. The van der Waals surface area contributed by atoms with Crippen LogP contribution >= 0.6 is 0 Å². The maximum atomic E-state index is 2.51. The molecular weight excluding hydrogens is 289 g/mol. The van der Waals surface area contributed by atoms with Gasteiger partial charge in [-0.3, -0.25) is 0 Å². The number of nitrogens with zero attached hydrogens (tertiary/aromatic N) is 1. The van der Waals surface area contributed by atoms with Gasteiger partial charge < -0.3 is 9.19 Å². The van der Waals surface area contributed by atoms with Crippen LogP contribution in [-0.4, -0.2) is 38.7 Å². The average molecular weight is 334 g/mol. The topological polar surface area (TPSA) is 0 Å². The largest absolute Gasteiger partial charge is 1.00 e. The summed E-state index contributed by atoms with van der Waals surface area (Å²) < 4.78 is 1.43. The van der Waals surface area contributed by atoms with Crippen molar-refractivity contribution in [1.29, 1.82) is 0 Å². The van der Waals surface area contributed by atoms with Crippen LogP contribution in [0.4, 0.5) is 0 Å². The second-order valence-electron chi connectivity index (χ2n) is 8.31. The van der Waals surface area contributed by atoms with Crippen LogP contribution in [0.25, 0.3) is 0 Å². The second kappa shape index (κ2) is 13.5. The average Bonchev–Trinajstić information content (AvgIpc) is 2.43. The first kappa shape index (κ1) is 24.4. The fraction of sp³-hybridized carbons (Fsp3) is 1.00. The van der Waals surface area contributed by atoms with Gasteiger partial charge in [0.15, 0.2) is 0 Å². The summed E-state index contributed by atoms with van der Waals surface area (Å²) in [7, 11) is -0.837. The molecule has 0 N–H and O–H groups in total. The number of rotatable bonds is 14. The highest BCUT2D eigenvalue weighted by atomic mass is 28.3. The van der Waals surface area contributed by atoms with Crippen molar-refractivity contribution in [2.45, 2.75) is 97.8 Å². The third-order valence-corrected chi connectivity index (χ3v) is 6.62. The summed E-state index contributed by atoms with van der Waals surface area (Å²) in [6, 6.07) is 1.52. The zero-order valence-electron chi connectivity index (χ0n) is 16.5.